The van der Waals surface area contributed by atoms with Crippen molar-refractivity contribution in [1.29, 1.82) is 0 Å². The number of aliphatic hydroxyl groups excluding tert-OH is 1. The topological polar surface area (TPSA) is 75.3 Å². The van der Waals surface area contributed by atoms with Crippen molar-refractivity contribution in [2.24, 2.45) is 5.73 Å². The molecule has 1 amide bonds. The van der Waals surface area contributed by atoms with Gasteiger partial charge in [0.15, 0.2) is 0 Å². The number of rotatable bonds is 9. The third-order valence-corrected chi connectivity index (χ3v) is 5.05. The van der Waals surface area contributed by atoms with Crippen molar-refractivity contribution in [2.45, 2.75) is 37.5 Å². The lowest BCUT2D eigenvalue weighted by Gasteiger charge is -2.22. The Kier molecular flexibility index (Phi) is 7.56. The number of amides is 1. The summed E-state index contributed by atoms with van der Waals surface area (Å²) in [6.45, 7) is 0. The van der Waals surface area contributed by atoms with Crippen LogP contribution in [0.2, 0.25) is 0 Å². The minimum Gasteiger partial charge on any atom is -0.391 e. The zero-order chi connectivity index (χ0) is 20.5. The van der Waals surface area contributed by atoms with Crippen LogP contribution in [-0.4, -0.2) is 23.2 Å². The van der Waals surface area contributed by atoms with E-state index in [0.717, 1.165) is 16.7 Å². The summed E-state index contributed by atoms with van der Waals surface area (Å²) in [5, 5.41) is 13.5. The first-order valence-corrected chi connectivity index (χ1v) is 10.0. The normalized spacial score (nSPS) is 13.1. The van der Waals surface area contributed by atoms with Crippen LogP contribution in [0.1, 0.15) is 35.6 Å². The van der Waals surface area contributed by atoms with E-state index in [1.54, 1.807) is 0 Å². The lowest BCUT2D eigenvalue weighted by molar-refractivity contribution is -0.122. The molecule has 0 aliphatic rings. The molecule has 2 atom stereocenters. The Morgan fingerprint density at radius 3 is 1.83 bits per heavy atom. The molecular weight excluding hydrogens is 360 g/mol. The van der Waals surface area contributed by atoms with Crippen LogP contribution in [0.3, 0.4) is 0 Å². The maximum absolute atomic E-state index is 12.6. The van der Waals surface area contributed by atoms with Crippen LogP contribution in [0.5, 0.6) is 0 Å². The van der Waals surface area contributed by atoms with Crippen molar-refractivity contribution in [2.75, 3.05) is 0 Å². The number of hydrogen-bond donors (Lipinski definition) is 3. The Morgan fingerprint density at radius 2 is 1.31 bits per heavy atom. The molecular formula is C25H28N2O2. The Bertz CT molecular complexity index is 830. The van der Waals surface area contributed by atoms with E-state index in [1.165, 1.54) is 0 Å². The summed E-state index contributed by atoms with van der Waals surface area (Å²) in [5.41, 5.74) is 9.26. The van der Waals surface area contributed by atoms with Crippen molar-refractivity contribution in [3.63, 3.8) is 0 Å². The molecule has 0 fully saturated rings. The zero-order valence-electron chi connectivity index (χ0n) is 16.4. The lowest BCUT2D eigenvalue weighted by Crippen LogP contribution is -2.38. The molecule has 0 heterocycles. The molecule has 0 bridgehead atoms. The SMILES string of the molecule is N[C@@H](Cc1ccccc1)[C@@H](O)CCC(=O)NC(c1ccccc1)c1ccccc1. The van der Waals surface area contributed by atoms with E-state index < -0.39 is 12.1 Å². The van der Waals surface area contributed by atoms with E-state index >= 15 is 0 Å². The Hall–Kier alpha value is -2.95. The van der Waals surface area contributed by atoms with E-state index in [9.17, 15) is 9.90 Å². The number of carbonyl (C=O) groups excluding carboxylic acids is 1. The summed E-state index contributed by atoms with van der Waals surface area (Å²) in [4.78, 5) is 12.6. The molecule has 3 aromatic rings. The predicted molar refractivity (Wildman–Crippen MR) is 116 cm³/mol. The van der Waals surface area contributed by atoms with Crippen molar-refractivity contribution in [1.82, 2.24) is 5.32 Å². The van der Waals surface area contributed by atoms with Crippen LogP contribution in [0.15, 0.2) is 91.0 Å². The van der Waals surface area contributed by atoms with Crippen LogP contribution in [-0.2, 0) is 11.2 Å². The van der Waals surface area contributed by atoms with Gasteiger partial charge in [-0.15, -0.1) is 0 Å². The fraction of sp³-hybridized carbons (Fsp3) is 0.240. The van der Waals surface area contributed by atoms with Gasteiger partial charge in [0.25, 0.3) is 0 Å². The molecule has 0 saturated carbocycles. The van der Waals surface area contributed by atoms with E-state index in [-0.39, 0.29) is 18.4 Å². The van der Waals surface area contributed by atoms with Crippen LogP contribution >= 0.6 is 0 Å². The summed E-state index contributed by atoms with van der Waals surface area (Å²) in [5.74, 6) is -0.103. The first-order valence-electron chi connectivity index (χ1n) is 10.0. The van der Waals surface area contributed by atoms with Crippen LogP contribution in [0.25, 0.3) is 0 Å². The summed E-state index contributed by atoms with van der Waals surface area (Å²) in [6.07, 6.45) is 0.406. The molecule has 0 spiro atoms. The smallest absolute Gasteiger partial charge is 0.220 e. The molecule has 4 N–H and O–H groups in total. The number of hydrogen-bond acceptors (Lipinski definition) is 3. The number of nitrogens with two attached hydrogens (primary N) is 1. The van der Waals surface area contributed by atoms with E-state index in [1.807, 2.05) is 91.0 Å². The monoisotopic (exact) mass is 388 g/mol. The molecule has 3 rings (SSSR count). The van der Waals surface area contributed by atoms with Crippen molar-refractivity contribution < 1.29 is 9.90 Å². The first-order chi connectivity index (χ1) is 14.1. The number of carbonyl (C=O) groups is 1. The molecule has 0 aliphatic heterocycles. The van der Waals surface area contributed by atoms with Gasteiger partial charge in [-0.25, -0.2) is 0 Å². The molecule has 3 aromatic carbocycles. The highest BCUT2D eigenvalue weighted by Gasteiger charge is 2.20. The molecule has 150 valence electrons. The van der Waals surface area contributed by atoms with Gasteiger partial charge in [0.2, 0.25) is 5.91 Å². The molecule has 0 saturated heterocycles. The van der Waals surface area contributed by atoms with Gasteiger partial charge in [0.1, 0.15) is 0 Å². The second kappa shape index (κ2) is 10.6. The molecule has 0 aromatic heterocycles. The highest BCUT2D eigenvalue weighted by Crippen LogP contribution is 2.22. The fourth-order valence-electron chi connectivity index (χ4n) is 3.40. The third kappa shape index (κ3) is 6.28. The predicted octanol–water partition coefficient (Wildman–Crippen LogP) is 3.60. The minimum absolute atomic E-state index is 0.103. The lowest BCUT2D eigenvalue weighted by atomic mass is 9.97. The Balaban J connectivity index is 1.57. The van der Waals surface area contributed by atoms with Crippen molar-refractivity contribution >= 4 is 5.91 Å². The van der Waals surface area contributed by atoms with Gasteiger partial charge in [-0.2, -0.15) is 0 Å². The molecule has 4 nitrogen and oxygen atoms in total. The van der Waals surface area contributed by atoms with Gasteiger partial charge in [-0.3, -0.25) is 4.79 Å². The van der Waals surface area contributed by atoms with E-state index in [4.69, 9.17) is 5.73 Å². The average molecular weight is 389 g/mol. The van der Waals surface area contributed by atoms with Crippen molar-refractivity contribution in [3.05, 3.63) is 108 Å². The number of aliphatic hydroxyl groups is 1. The van der Waals surface area contributed by atoms with Crippen LogP contribution in [0, 0.1) is 0 Å². The van der Waals surface area contributed by atoms with E-state index in [2.05, 4.69) is 5.32 Å². The summed E-state index contributed by atoms with van der Waals surface area (Å²) in [7, 11) is 0. The first kappa shape index (κ1) is 20.8. The minimum atomic E-state index is -0.729. The van der Waals surface area contributed by atoms with Gasteiger partial charge in [-0.1, -0.05) is 91.0 Å². The molecule has 0 unspecified atom stereocenters. The standard InChI is InChI=1S/C25H28N2O2/c26-22(18-19-10-4-1-5-11-19)23(28)16-17-24(29)27-25(20-12-6-2-7-13-20)21-14-8-3-9-15-21/h1-15,22-23,25,28H,16-18,26H2,(H,27,29)/t22-,23-/m0/s1. The zero-order valence-corrected chi connectivity index (χ0v) is 16.4. The van der Waals surface area contributed by atoms with Gasteiger partial charge in [-0.05, 0) is 29.5 Å². The average Bonchev–Trinajstić information content (AvgIpc) is 2.77. The molecule has 0 aliphatic carbocycles. The van der Waals surface area contributed by atoms with E-state index in [0.29, 0.717) is 12.8 Å². The highest BCUT2D eigenvalue weighted by atomic mass is 16.3. The maximum atomic E-state index is 12.6. The molecule has 0 radical (unpaired) electrons. The van der Waals surface area contributed by atoms with Gasteiger partial charge in [0, 0.05) is 12.5 Å². The van der Waals surface area contributed by atoms with Gasteiger partial charge >= 0.3 is 0 Å². The van der Waals surface area contributed by atoms with Gasteiger partial charge < -0.3 is 16.2 Å². The van der Waals surface area contributed by atoms with Crippen LogP contribution < -0.4 is 11.1 Å². The summed E-state index contributed by atoms with van der Waals surface area (Å²) >= 11 is 0. The molecule has 4 heteroatoms. The number of benzene rings is 3. The van der Waals surface area contributed by atoms with Crippen LogP contribution in [0.4, 0.5) is 0 Å². The quantitative estimate of drug-likeness (QED) is 0.524. The largest absolute Gasteiger partial charge is 0.391 e. The highest BCUT2D eigenvalue weighted by molar-refractivity contribution is 5.77. The second-order valence-corrected chi connectivity index (χ2v) is 7.28. The Morgan fingerprint density at radius 1 is 0.828 bits per heavy atom. The number of nitrogens with one attached hydrogen (secondary N) is 1. The maximum Gasteiger partial charge on any atom is 0.220 e. The third-order valence-electron chi connectivity index (χ3n) is 5.05. The fourth-order valence-corrected chi connectivity index (χ4v) is 3.40. The summed E-state index contributed by atoms with van der Waals surface area (Å²) in [6, 6.07) is 29.0. The second-order valence-electron chi connectivity index (χ2n) is 7.28. The summed E-state index contributed by atoms with van der Waals surface area (Å²) < 4.78 is 0. The van der Waals surface area contributed by atoms with Crippen molar-refractivity contribution in [3.8, 4) is 0 Å². The molecule has 29 heavy (non-hydrogen) atoms. The van der Waals surface area contributed by atoms with Gasteiger partial charge in [0.05, 0.1) is 12.1 Å². The Labute approximate surface area is 172 Å².